The van der Waals surface area contributed by atoms with Gasteiger partial charge in [0.15, 0.2) is 0 Å². The number of hydrogen-bond acceptors (Lipinski definition) is 5. The third-order valence-electron chi connectivity index (χ3n) is 6.12. The second-order valence-electron chi connectivity index (χ2n) is 8.45. The largest absolute Gasteiger partial charge is 0.481 e. The average molecular weight is 474 g/mol. The summed E-state index contributed by atoms with van der Waals surface area (Å²) in [6.07, 6.45) is 0.804. The van der Waals surface area contributed by atoms with Crippen LogP contribution in [0.2, 0.25) is 0 Å². The van der Waals surface area contributed by atoms with E-state index in [0.29, 0.717) is 13.0 Å². The van der Waals surface area contributed by atoms with Crippen LogP contribution in [-0.2, 0) is 20.7 Å². The number of benzene rings is 2. The number of aliphatic carboxylic acids is 1. The quantitative estimate of drug-likeness (QED) is 0.493. The van der Waals surface area contributed by atoms with Crippen LogP contribution in [0.3, 0.4) is 0 Å². The lowest BCUT2D eigenvalue weighted by atomic mass is 9.98. The third kappa shape index (κ3) is 5.66. The van der Waals surface area contributed by atoms with Gasteiger partial charge in [0.05, 0.1) is 6.42 Å². The van der Waals surface area contributed by atoms with Crippen LogP contribution >= 0.6 is 0 Å². The standard InChI is InChI=1S/C27H27N3O5/c1-30(15-13-18-8-6-7-14-28-18)26(33)24(16-25(31)32)29-27(34)35-17-23-21-11-4-2-9-19(21)20-10-3-5-12-22(20)23/h2-12,14,23-24H,13,15-17H2,1H3,(H,29,34)(H,31,32). The summed E-state index contributed by atoms with van der Waals surface area (Å²) in [4.78, 5) is 42.5. The number of amides is 2. The van der Waals surface area contributed by atoms with Crippen LogP contribution in [0.1, 0.15) is 29.2 Å². The van der Waals surface area contributed by atoms with Gasteiger partial charge >= 0.3 is 12.1 Å². The Hall–Kier alpha value is -4.20. The Morgan fingerprint density at radius 3 is 2.23 bits per heavy atom. The molecule has 1 atom stereocenters. The SMILES string of the molecule is CN(CCc1ccccn1)C(=O)C(CC(=O)O)NC(=O)OCC1c2ccccc2-c2ccccc21. The Labute approximate surface area is 203 Å². The normalized spacial score (nSPS) is 12.8. The van der Waals surface area contributed by atoms with Crippen LogP contribution in [0.5, 0.6) is 0 Å². The monoisotopic (exact) mass is 473 g/mol. The topological polar surface area (TPSA) is 109 Å². The second kappa shape index (κ2) is 10.8. The van der Waals surface area contributed by atoms with E-state index in [4.69, 9.17) is 4.74 Å². The Bertz CT molecular complexity index is 1170. The van der Waals surface area contributed by atoms with Crippen LogP contribution < -0.4 is 5.32 Å². The van der Waals surface area contributed by atoms with Gasteiger partial charge in [0, 0.05) is 37.8 Å². The summed E-state index contributed by atoms with van der Waals surface area (Å²) in [5.74, 6) is -1.83. The van der Waals surface area contributed by atoms with Crippen molar-refractivity contribution in [2.45, 2.75) is 24.8 Å². The lowest BCUT2D eigenvalue weighted by molar-refractivity contribution is -0.142. The van der Waals surface area contributed by atoms with Crippen LogP contribution in [0.25, 0.3) is 11.1 Å². The van der Waals surface area contributed by atoms with Crippen molar-refractivity contribution in [2.24, 2.45) is 0 Å². The van der Waals surface area contributed by atoms with Gasteiger partial charge < -0.3 is 20.1 Å². The fourth-order valence-corrected chi connectivity index (χ4v) is 4.36. The van der Waals surface area contributed by atoms with Gasteiger partial charge in [-0.1, -0.05) is 54.6 Å². The molecule has 0 saturated heterocycles. The molecule has 8 nitrogen and oxygen atoms in total. The number of carboxylic acids is 1. The Kier molecular flexibility index (Phi) is 7.40. The van der Waals surface area contributed by atoms with Gasteiger partial charge in [-0.15, -0.1) is 0 Å². The van der Waals surface area contributed by atoms with Crippen LogP contribution in [0.4, 0.5) is 4.79 Å². The number of fused-ring (bicyclic) bond motifs is 3. The lowest BCUT2D eigenvalue weighted by Crippen LogP contribution is -2.49. The van der Waals surface area contributed by atoms with E-state index in [1.165, 1.54) is 4.90 Å². The molecule has 2 N–H and O–H groups in total. The first-order valence-corrected chi connectivity index (χ1v) is 11.4. The number of hydrogen-bond donors (Lipinski definition) is 2. The van der Waals surface area contributed by atoms with Gasteiger partial charge in [-0.05, 0) is 34.4 Å². The van der Waals surface area contributed by atoms with E-state index in [1.807, 2.05) is 60.7 Å². The summed E-state index contributed by atoms with van der Waals surface area (Å²) in [5, 5.41) is 11.7. The van der Waals surface area contributed by atoms with Gasteiger partial charge in [-0.3, -0.25) is 14.6 Å². The zero-order valence-corrected chi connectivity index (χ0v) is 19.4. The number of pyridine rings is 1. The zero-order chi connectivity index (χ0) is 24.8. The third-order valence-corrected chi connectivity index (χ3v) is 6.12. The van der Waals surface area contributed by atoms with Crippen molar-refractivity contribution in [1.82, 2.24) is 15.2 Å². The van der Waals surface area contributed by atoms with Gasteiger partial charge in [0.1, 0.15) is 12.6 Å². The van der Waals surface area contributed by atoms with Crippen molar-refractivity contribution in [3.63, 3.8) is 0 Å². The number of carbonyl (C=O) groups is 3. The lowest BCUT2D eigenvalue weighted by Gasteiger charge is -2.24. The van der Waals surface area contributed by atoms with Crippen molar-refractivity contribution in [1.29, 1.82) is 0 Å². The van der Waals surface area contributed by atoms with Gasteiger partial charge in [0.2, 0.25) is 5.91 Å². The molecule has 0 radical (unpaired) electrons. The molecule has 1 aliphatic rings. The number of carboxylic acid groups (broad SMARTS) is 1. The maximum atomic E-state index is 12.9. The molecule has 4 rings (SSSR count). The molecule has 0 fully saturated rings. The summed E-state index contributed by atoms with van der Waals surface area (Å²) in [6.45, 7) is 0.404. The molecule has 0 bridgehead atoms. The Morgan fingerprint density at radius 1 is 1.00 bits per heavy atom. The number of aromatic nitrogens is 1. The molecule has 3 aromatic rings. The molecule has 0 spiro atoms. The summed E-state index contributed by atoms with van der Waals surface area (Å²) in [5.41, 5.74) is 5.14. The molecule has 0 saturated carbocycles. The molecule has 0 aliphatic heterocycles. The maximum Gasteiger partial charge on any atom is 0.407 e. The van der Waals surface area contributed by atoms with Crippen molar-refractivity contribution in [2.75, 3.05) is 20.2 Å². The van der Waals surface area contributed by atoms with Crippen LogP contribution in [0.15, 0.2) is 72.9 Å². The minimum Gasteiger partial charge on any atom is -0.481 e. The molecule has 2 aromatic carbocycles. The van der Waals surface area contributed by atoms with E-state index < -0.39 is 30.4 Å². The van der Waals surface area contributed by atoms with Crippen molar-refractivity contribution in [3.8, 4) is 11.1 Å². The number of carbonyl (C=O) groups excluding carboxylic acids is 2. The van der Waals surface area contributed by atoms with Crippen molar-refractivity contribution in [3.05, 3.63) is 89.7 Å². The van der Waals surface area contributed by atoms with Gasteiger partial charge in [0.25, 0.3) is 0 Å². The highest BCUT2D eigenvalue weighted by Gasteiger charge is 2.31. The van der Waals surface area contributed by atoms with Gasteiger partial charge in [-0.2, -0.15) is 0 Å². The number of nitrogens with one attached hydrogen (secondary N) is 1. The highest BCUT2D eigenvalue weighted by atomic mass is 16.5. The van der Waals surface area contributed by atoms with Crippen molar-refractivity contribution < 1.29 is 24.2 Å². The zero-order valence-electron chi connectivity index (χ0n) is 19.4. The van der Waals surface area contributed by atoms with E-state index in [1.54, 1.807) is 19.3 Å². The molecule has 2 amide bonds. The second-order valence-corrected chi connectivity index (χ2v) is 8.45. The number of likely N-dealkylation sites (N-methyl/N-ethyl adjacent to an activating group) is 1. The average Bonchev–Trinajstić information content (AvgIpc) is 3.19. The summed E-state index contributed by atoms with van der Waals surface area (Å²) in [7, 11) is 1.57. The van der Waals surface area contributed by atoms with Crippen LogP contribution in [-0.4, -0.2) is 59.2 Å². The molecule has 180 valence electrons. The minimum atomic E-state index is -1.24. The molecule has 8 heteroatoms. The van der Waals surface area contributed by atoms with Gasteiger partial charge in [-0.25, -0.2) is 4.79 Å². The summed E-state index contributed by atoms with van der Waals surface area (Å²) < 4.78 is 5.49. The molecule has 1 heterocycles. The number of rotatable bonds is 9. The minimum absolute atomic E-state index is 0.0728. The molecular formula is C27H27N3O5. The van der Waals surface area contributed by atoms with E-state index in [2.05, 4.69) is 10.3 Å². The molecule has 35 heavy (non-hydrogen) atoms. The molecular weight excluding hydrogens is 446 g/mol. The predicted octanol–water partition coefficient (Wildman–Crippen LogP) is 3.46. The smallest absolute Gasteiger partial charge is 0.407 e. The Morgan fingerprint density at radius 2 is 1.63 bits per heavy atom. The first-order chi connectivity index (χ1) is 16.9. The fourth-order valence-electron chi connectivity index (χ4n) is 4.36. The Balaban J connectivity index is 1.38. The number of nitrogens with zero attached hydrogens (tertiary/aromatic N) is 2. The molecule has 1 unspecified atom stereocenters. The molecule has 1 aliphatic carbocycles. The maximum absolute atomic E-state index is 12.9. The highest BCUT2D eigenvalue weighted by molar-refractivity contribution is 5.89. The van der Waals surface area contributed by atoms with E-state index in [0.717, 1.165) is 27.9 Å². The first-order valence-electron chi connectivity index (χ1n) is 11.4. The van der Waals surface area contributed by atoms with Crippen molar-refractivity contribution >= 4 is 18.0 Å². The van der Waals surface area contributed by atoms with E-state index >= 15 is 0 Å². The number of ether oxygens (including phenoxy) is 1. The van der Waals surface area contributed by atoms with E-state index in [-0.39, 0.29) is 12.5 Å². The highest BCUT2D eigenvalue weighted by Crippen LogP contribution is 2.44. The summed E-state index contributed by atoms with van der Waals surface area (Å²) in [6, 6.07) is 20.2. The van der Waals surface area contributed by atoms with E-state index in [9.17, 15) is 19.5 Å². The molecule has 1 aromatic heterocycles. The predicted molar refractivity (Wildman–Crippen MR) is 130 cm³/mol. The first kappa shape index (κ1) is 23.9. The number of alkyl carbamates (subject to hydrolysis) is 1. The summed E-state index contributed by atoms with van der Waals surface area (Å²) >= 11 is 0. The van der Waals surface area contributed by atoms with Crippen LogP contribution in [0, 0.1) is 0 Å². The fraction of sp³-hybridized carbons (Fsp3) is 0.259.